The molecule has 2 aliphatic heterocycles. The van der Waals surface area contributed by atoms with Crippen LogP contribution in [0.25, 0.3) is 11.0 Å². The summed E-state index contributed by atoms with van der Waals surface area (Å²) in [5, 5.41) is 3.88. The van der Waals surface area contributed by atoms with Crippen molar-refractivity contribution in [3.05, 3.63) is 30.0 Å². The van der Waals surface area contributed by atoms with Gasteiger partial charge in [-0.3, -0.25) is 9.59 Å². The lowest BCUT2D eigenvalue weighted by Crippen LogP contribution is -2.46. The quantitative estimate of drug-likeness (QED) is 0.444. The van der Waals surface area contributed by atoms with E-state index in [0.717, 1.165) is 54.2 Å². The van der Waals surface area contributed by atoms with Crippen LogP contribution in [0.4, 0.5) is 5.69 Å². The summed E-state index contributed by atoms with van der Waals surface area (Å²) >= 11 is 0. The summed E-state index contributed by atoms with van der Waals surface area (Å²) < 4.78 is 34.3. The Morgan fingerprint density at radius 3 is 2.58 bits per heavy atom. The van der Waals surface area contributed by atoms with Crippen LogP contribution in [0.5, 0.6) is 0 Å². The Hall–Kier alpha value is -3.12. The molecule has 12 heteroatoms. The smallest absolute Gasteiger partial charge is 0.303 e. The number of carbonyl (C=O) groups is 2. The van der Waals surface area contributed by atoms with Crippen molar-refractivity contribution in [3.8, 4) is 0 Å². The molecule has 2 fully saturated rings. The molecule has 2 aliphatic rings. The van der Waals surface area contributed by atoms with E-state index >= 15 is 0 Å². The van der Waals surface area contributed by atoms with Gasteiger partial charge in [0.15, 0.2) is 0 Å². The third-order valence-electron chi connectivity index (χ3n) is 6.43. The molecular weight excluding hydrogens is 484 g/mol. The molecule has 2 N–H and O–H groups in total. The highest BCUT2D eigenvalue weighted by Crippen LogP contribution is 2.23. The Labute approximate surface area is 211 Å². The van der Waals surface area contributed by atoms with Crippen LogP contribution in [0.15, 0.2) is 33.7 Å². The normalized spacial score (nSPS) is 19.7. The molecule has 0 aliphatic carbocycles. The third-order valence-corrected chi connectivity index (χ3v) is 7.84. The number of carbonyl (C=O) groups excluding carboxylic acids is 2. The minimum absolute atomic E-state index is 0.0214. The maximum atomic E-state index is 13.4. The second-order valence-electron chi connectivity index (χ2n) is 9.46. The van der Waals surface area contributed by atoms with Crippen molar-refractivity contribution in [2.45, 2.75) is 45.1 Å². The third kappa shape index (κ3) is 6.16. The molecule has 0 radical (unpaired) electrons. The summed E-state index contributed by atoms with van der Waals surface area (Å²) in [7, 11) is -1.08. The van der Waals surface area contributed by atoms with Crippen LogP contribution < -0.4 is 10.0 Å². The van der Waals surface area contributed by atoms with E-state index in [-0.39, 0.29) is 24.3 Å². The number of benzene rings is 1. The number of furan rings is 1. The first-order valence-corrected chi connectivity index (χ1v) is 13.7. The van der Waals surface area contributed by atoms with E-state index in [2.05, 4.69) is 15.0 Å². The van der Waals surface area contributed by atoms with Gasteiger partial charge in [0, 0.05) is 44.8 Å². The minimum Gasteiger partial charge on any atom is -0.461 e. The molecule has 11 nitrogen and oxygen atoms in total. The van der Waals surface area contributed by atoms with Gasteiger partial charge in [0.1, 0.15) is 17.4 Å². The maximum Gasteiger partial charge on any atom is 0.303 e. The molecule has 0 spiro atoms. The zero-order chi connectivity index (χ0) is 25.9. The number of hydrogen-bond donors (Lipinski definition) is 2. The van der Waals surface area contributed by atoms with E-state index in [1.807, 2.05) is 19.1 Å². The summed E-state index contributed by atoms with van der Waals surface area (Å²) in [6.45, 7) is 3.80. The minimum atomic E-state index is -3.89. The Bertz CT molecular complexity index is 1250. The van der Waals surface area contributed by atoms with Crippen LogP contribution >= 0.6 is 0 Å². The number of nitrogens with zero attached hydrogens (tertiary/aromatic N) is 4. The molecule has 196 valence electrons. The SMILES string of the molecule is Cc1cc2cc(NC(=N[C@H]3CCCCN(CC(=O)N4CCCC4)C3=O)NS(=O)(=O)N(C)C)ccc2o1. The van der Waals surface area contributed by atoms with E-state index in [9.17, 15) is 18.0 Å². The molecule has 36 heavy (non-hydrogen) atoms. The standard InChI is InChI=1S/C24H34N6O5S/c1-17-14-18-15-19(9-10-21(18)35-17)25-24(27-36(33,34)28(2)3)26-20-8-4-5-13-30(23(20)32)16-22(31)29-11-6-7-12-29/h9-10,14-15,20H,4-8,11-13,16H2,1-3H3,(H2,25,26,27)/t20-/m0/s1. The number of aliphatic imine (C=N–C) groups is 1. The summed E-state index contributed by atoms with van der Waals surface area (Å²) in [5.74, 6) is 0.372. The van der Waals surface area contributed by atoms with Gasteiger partial charge < -0.3 is 19.5 Å². The van der Waals surface area contributed by atoms with Gasteiger partial charge in [-0.25, -0.2) is 9.71 Å². The fourth-order valence-electron chi connectivity index (χ4n) is 4.44. The number of rotatable bonds is 6. The van der Waals surface area contributed by atoms with Gasteiger partial charge in [0.25, 0.3) is 0 Å². The Morgan fingerprint density at radius 2 is 1.86 bits per heavy atom. The number of guanidine groups is 1. The zero-order valence-corrected chi connectivity index (χ0v) is 21.8. The molecule has 2 aromatic rings. The highest BCUT2D eigenvalue weighted by atomic mass is 32.2. The first-order chi connectivity index (χ1) is 17.1. The Morgan fingerprint density at radius 1 is 1.14 bits per heavy atom. The fraction of sp³-hybridized carbons (Fsp3) is 0.542. The lowest BCUT2D eigenvalue weighted by atomic mass is 10.1. The van der Waals surface area contributed by atoms with Crippen molar-refractivity contribution in [2.24, 2.45) is 4.99 Å². The van der Waals surface area contributed by atoms with Crippen molar-refractivity contribution in [1.82, 2.24) is 18.8 Å². The van der Waals surface area contributed by atoms with Crippen LogP contribution in [-0.2, 0) is 19.8 Å². The van der Waals surface area contributed by atoms with Crippen LogP contribution in [0.1, 0.15) is 37.9 Å². The van der Waals surface area contributed by atoms with Gasteiger partial charge in [0.2, 0.25) is 17.8 Å². The number of fused-ring (bicyclic) bond motifs is 1. The molecule has 0 bridgehead atoms. The number of aryl methyl sites for hydroxylation is 1. The monoisotopic (exact) mass is 518 g/mol. The Balaban J connectivity index is 1.58. The number of likely N-dealkylation sites (tertiary alicyclic amines) is 2. The van der Waals surface area contributed by atoms with Crippen LogP contribution in [0.3, 0.4) is 0 Å². The van der Waals surface area contributed by atoms with Crippen LogP contribution in [0, 0.1) is 6.92 Å². The van der Waals surface area contributed by atoms with Crippen LogP contribution in [0.2, 0.25) is 0 Å². The van der Waals surface area contributed by atoms with E-state index in [0.29, 0.717) is 24.2 Å². The maximum absolute atomic E-state index is 13.4. The predicted octanol–water partition coefficient (Wildman–Crippen LogP) is 1.91. The first-order valence-electron chi connectivity index (χ1n) is 12.2. The van der Waals surface area contributed by atoms with Gasteiger partial charge in [-0.15, -0.1) is 0 Å². The second kappa shape index (κ2) is 10.9. The van der Waals surface area contributed by atoms with Gasteiger partial charge in [0.05, 0.1) is 6.54 Å². The molecule has 4 rings (SSSR count). The molecule has 1 atom stereocenters. The molecule has 0 unspecified atom stereocenters. The topological polar surface area (TPSA) is 128 Å². The highest BCUT2D eigenvalue weighted by molar-refractivity contribution is 7.87. The second-order valence-corrected chi connectivity index (χ2v) is 11.3. The summed E-state index contributed by atoms with van der Waals surface area (Å²) in [6.07, 6.45) is 3.92. The molecule has 0 saturated carbocycles. The van der Waals surface area contributed by atoms with Crippen molar-refractivity contribution < 1.29 is 22.4 Å². The Kier molecular flexibility index (Phi) is 7.84. The van der Waals surface area contributed by atoms with Crippen LogP contribution in [-0.4, -0.2) is 86.6 Å². The van der Waals surface area contributed by atoms with Crippen molar-refractivity contribution in [2.75, 3.05) is 45.6 Å². The first kappa shape index (κ1) is 26.0. The van der Waals surface area contributed by atoms with E-state index in [1.165, 1.54) is 14.1 Å². The average molecular weight is 519 g/mol. The summed E-state index contributed by atoms with van der Waals surface area (Å²) in [4.78, 5) is 34.0. The summed E-state index contributed by atoms with van der Waals surface area (Å²) in [6, 6.07) is 6.42. The number of anilines is 1. The molecule has 1 aromatic carbocycles. The van der Waals surface area contributed by atoms with E-state index in [1.54, 1.807) is 21.9 Å². The van der Waals surface area contributed by atoms with Gasteiger partial charge in [-0.2, -0.15) is 12.7 Å². The van der Waals surface area contributed by atoms with Gasteiger partial charge >= 0.3 is 10.2 Å². The lowest BCUT2D eigenvalue weighted by Gasteiger charge is -2.25. The zero-order valence-electron chi connectivity index (χ0n) is 21.0. The molecule has 3 heterocycles. The fourth-order valence-corrected chi connectivity index (χ4v) is 4.97. The summed E-state index contributed by atoms with van der Waals surface area (Å²) in [5.41, 5.74) is 1.30. The van der Waals surface area contributed by atoms with Gasteiger partial charge in [-0.1, -0.05) is 0 Å². The van der Waals surface area contributed by atoms with Gasteiger partial charge in [-0.05, 0) is 63.3 Å². The number of hydrogen-bond acceptors (Lipinski definition) is 6. The van der Waals surface area contributed by atoms with Crippen molar-refractivity contribution in [1.29, 1.82) is 0 Å². The number of nitrogens with one attached hydrogen (secondary N) is 2. The number of amides is 2. The van der Waals surface area contributed by atoms with E-state index < -0.39 is 16.3 Å². The largest absolute Gasteiger partial charge is 0.461 e. The lowest BCUT2D eigenvalue weighted by molar-refractivity contribution is -0.140. The predicted molar refractivity (Wildman–Crippen MR) is 138 cm³/mol. The van der Waals surface area contributed by atoms with Crippen molar-refractivity contribution >= 4 is 44.6 Å². The van der Waals surface area contributed by atoms with E-state index in [4.69, 9.17) is 4.42 Å². The molecular formula is C24H34N6O5S. The highest BCUT2D eigenvalue weighted by Gasteiger charge is 2.31. The molecule has 2 saturated heterocycles. The molecule has 2 amide bonds. The van der Waals surface area contributed by atoms with Crippen molar-refractivity contribution in [3.63, 3.8) is 0 Å². The average Bonchev–Trinajstić information content (AvgIpc) is 3.44. The molecule has 1 aromatic heterocycles.